The van der Waals surface area contributed by atoms with Crippen LogP contribution in [0.1, 0.15) is 0 Å². The zero-order valence-corrected chi connectivity index (χ0v) is 10.6. The molecule has 0 aromatic carbocycles. The van der Waals surface area contributed by atoms with Gasteiger partial charge in [-0.15, -0.1) is 0 Å². The van der Waals surface area contributed by atoms with Crippen LogP contribution in [0, 0.1) is 0 Å². The number of aliphatic hydroxyl groups is 5. The lowest BCUT2D eigenvalue weighted by atomic mass is 10.0. The Morgan fingerprint density at radius 2 is 1.33 bits per heavy atom. The van der Waals surface area contributed by atoms with E-state index in [4.69, 9.17) is 39.7 Å². The van der Waals surface area contributed by atoms with Crippen LogP contribution in [0.15, 0.2) is 0 Å². The standard InChI is InChI=1S/C7H17NO5.H3O4P/c1-8-2-4(10)6(12)7(13)5(11)3-9;1-5(2,3)4/h4-13H,2-3H2,1H3;(H3,1,2,3,4). The SMILES string of the molecule is CNCC(O)C(O)C(O)C(O)CO.O=P(O)(O)O. The van der Waals surface area contributed by atoms with Gasteiger partial charge in [0.2, 0.25) is 0 Å². The normalized spacial score (nSPS) is 18.3. The number of rotatable bonds is 6. The minimum Gasteiger partial charge on any atom is -0.394 e. The summed E-state index contributed by atoms with van der Waals surface area (Å²) in [6, 6.07) is 0. The van der Waals surface area contributed by atoms with Crippen LogP contribution < -0.4 is 5.32 Å². The quantitative estimate of drug-likeness (QED) is 0.216. The number of phosphoric acid groups is 1. The lowest BCUT2D eigenvalue weighted by Crippen LogP contribution is -2.48. The Balaban J connectivity index is 0. The van der Waals surface area contributed by atoms with Gasteiger partial charge in [-0.05, 0) is 7.05 Å². The summed E-state index contributed by atoms with van der Waals surface area (Å²) in [6.07, 6.45) is -5.65. The molecule has 0 aliphatic carbocycles. The third-order valence-corrected chi connectivity index (χ3v) is 1.74. The molecule has 0 aromatic rings. The van der Waals surface area contributed by atoms with E-state index >= 15 is 0 Å². The molecule has 4 atom stereocenters. The molecule has 0 saturated heterocycles. The fraction of sp³-hybridized carbons (Fsp3) is 1.00. The van der Waals surface area contributed by atoms with E-state index in [-0.39, 0.29) is 6.54 Å². The van der Waals surface area contributed by atoms with E-state index in [0.717, 1.165) is 0 Å². The molecule has 11 heteroatoms. The van der Waals surface area contributed by atoms with Crippen LogP contribution >= 0.6 is 7.82 Å². The Hall–Kier alpha value is -0.130. The summed E-state index contributed by atoms with van der Waals surface area (Å²) in [5, 5.41) is 47.5. The van der Waals surface area contributed by atoms with Crippen LogP contribution in [-0.4, -0.2) is 84.8 Å². The van der Waals surface area contributed by atoms with E-state index in [1.807, 2.05) is 0 Å². The fourth-order valence-corrected chi connectivity index (χ4v) is 0.893. The Morgan fingerprint density at radius 1 is 1.00 bits per heavy atom. The molecule has 10 nitrogen and oxygen atoms in total. The second-order valence-corrected chi connectivity index (χ2v) is 4.40. The molecular weight excluding hydrogens is 273 g/mol. The smallest absolute Gasteiger partial charge is 0.394 e. The summed E-state index contributed by atoms with van der Waals surface area (Å²) in [5.74, 6) is 0. The number of hydrogen-bond acceptors (Lipinski definition) is 7. The number of nitrogens with one attached hydrogen (secondary N) is 1. The predicted molar refractivity (Wildman–Crippen MR) is 59.3 cm³/mol. The van der Waals surface area contributed by atoms with E-state index < -0.39 is 38.8 Å². The third kappa shape index (κ3) is 12.3. The third-order valence-electron chi connectivity index (χ3n) is 1.74. The van der Waals surface area contributed by atoms with Gasteiger partial charge >= 0.3 is 7.82 Å². The maximum absolute atomic E-state index is 9.21. The van der Waals surface area contributed by atoms with Gasteiger partial charge in [-0.2, -0.15) is 0 Å². The topological polar surface area (TPSA) is 191 Å². The highest BCUT2D eigenvalue weighted by Crippen LogP contribution is 2.25. The van der Waals surface area contributed by atoms with Gasteiger partial charge in [-0.25, -0.2) is 4.57 Å². The Kier molecular flexibility index (Phi) is 10.9. The van der Waals surface area contributed by atoms with Crippen molar-refractivity contribution < 1.29 is 44.8 Å². The second kappa shape index (κ2) is 9.75. The molecule has 0 heterocycles. The summed E-state index contributed by atoms with van der Waals surface area (Å²) >= 11 is 0. The van der Waals surface area contributed by atoms with Crippen molar-refractivity contribution in [2.24, 2.45) is 0 Å². The highest BCUT2D eigenvalue weighted by Gasteiger charge is 2.29. The predicted octanol–water partition coefficient (Wildman–Crippen LogP) is -4.29. The fourth-order valence-electron chi connectivity index (χ4n) is 0.893. The highest BCUT2D eigenvalue weighted by atomic mass is 31.2. The molecule has 0 aliphatic heterocycles. The van der Waals surface area contributed by atoms with Crippen LogP contribution in [0.5, 0.6) is 0 Å². The molecule has 0 radical (unpaired) electrons. The zero-order valence-electron chi connectivity index (χ0n) is 9.66. The molecule has 0 spiro atoms. The van der Waals surface area contributed by atoms with Gasteiger partial charge in [-0.3, -0.25) is 0 Å². The van der Waals surface area contributed by atoms with Crippen molar-refractivity contribution in [1.29, 1.82) is 0 Å². The first-order valence-electron chi connectivity index (χ1n) is 4.80. The molecule has 4 unspecified atom stereocenters. The van der Waals surface area contributed by atoms with Crippen molar-refractivity contribution in [1.82, 2.24) is 5.32 Å². The molecular formula is C7H20NO9P. The molecule has 9 N–H and O–H groups in total. The van der Waals surface area contributed by atoms with Gasteiger partial charge in [0, 0.05) is 6.54 Å². The van der Waals surface area contributed by atoms with Crippen molar-refractivity contribution in [3.63, 3.8) is 0 Å². The lowest BCUT2D eigenvalue weighted by Gasteiger charge is -2.25. The Morgan fingerprint density at radius 3 is 1.61 bits per heavy atom. The summed E-state index contributed by atoms with van der Waals surface area (Å²) < 4.78 is 8.88. The molecule has 0 saturated carbocycles. The minimum atomic E-state index is -4.64. The first kappa shape index (κ1) is 20.2. The van der Waals surface area contributed by atoms with Gasteiger partial charge < -0.3 is 45.5 Å². The van der Waals surface area contributed by atoms with E-state index in [1.54, 1.807) is 7.05 Å². The van der Waals surface area contributed by atoms with Crippen LogP contribution in [0.3, 0.4) is 0 Å². The van der Waals surface area contributed by atoms with Crippen LogP contribution in [0.4, 0.5) is 0 Å². The molecule has 0 fully saturated rings. The van der Waals surface area contributed by atoms with Crippen molar-refractivity contribution in [3.8, 4) is 0 Å². The summed E-state index contributed by atoms with van der Waals surface area (Å²) in [7, 11) is -3.06. The molecule has 0 bridgehead atoms. The zero-order chi connectivity index (χ0) is 14.9. The van der Waals surface area contributed by atoms with Gasteiger partial charge in [-0.1, -0.05) is 0 Å². The van der Waals surface area contributed by atoms with Crippen molar-refractivity contribution >= 4 is 7.82 Å². The summed E-state index contributed by atoms with van der Waals surface area (Å²) in [4.78, 5) is 21.6. The van der Waals surface area contributed by atoms with Crippen molar-refractivity contribution in [2.75, 3.05) is 20.2 Å². The molecule has 112 valence electrons. The van der Waals surface area contributed by atoms with E-state index in [1.165, 1.54) is 0 Å². The van der Waals surface area contributed by atoms with Crippen molar-refractivity contribution in [3.05, 3.63) is 0 Å². The number of hydrogen-bond donors (Lipinski definition) is 9. The van der Waals surface area contributed by atoms with Gasteiger partial charge in [0.1, 0.15) is 18.3 Å². The van der Waals surface area contributed by atoms with Gasteiger partial charge in [0.25, 0.3) is 0 Å². The first-order chi connectivity index (χ1) is 8.04. The average Bonchev–Trinajstić information content (AvgIpc) is 2.24. The minimum absolute atomic E-state index is 0.0936. The van der Waals surface area contributed by atoms with Crippen LogP contribution in [-0.2, 0) is 4.57 Å². The monoisotopic (exact) mass is 293 g/mol. The molecule has 18 heavy (non-hydrogen) atoms. The molecule has 0 amide bonds. The lowest BCUT2D eigenvalue weighted by molar-refractivity contribution is -0.113. The average molecular weight is 293 g/mol. The van der Waals surface area contributed by atoms with E-state index in [2.05, 4.69) is 5.32 Å². The largest absolute Gasteiger partial charge is 0.466 e. The van der Waals surface area contributed by atoms with E-state index in [0.29, 0.717) is 0 Å². The molecule has 0 aliphatic rings. The second-order valence-electron chi connectivity index (χ2n) is 3.37. The molecule has 0 aromatic heterocycles. The Labute approximate surface area is 103 Å². The Bertz CT molecular complexity index is 239. The van der Waals surface area contributed by atoms with Crippen LogP contribution in [0.25, 0.3) is 0 Å². The number of likely N-dealkylation sites (N-methyl/N-ethyl adjacent to an activating group) is 1. The maximum Gasteiger partial charge on any atom is 0.466 e. The van der Waals surface area contributed by atoms with Gasteiger partial charge in [0.15, 0.2) is 0 Å². The highest BCUT2D eigenvalue weighted by molar-refractivity contribution is 7.45. The number of aliphatic hydroxyl groups excluding tert-OH is 5. The van der Waals surface area contributed by atoms with Crippen molar-refractivity contribution in [2.45, 2.75) is 24.4 Å². The van der Waals surface area contributed by atoms with Gasteiger partial charge in [0.05, 0.1) is 12.7 Å². The maximum atomic E-state index is 9.21. The summed E-state index contributed by atoms with van der Waals surface area (Å²) in [6.45, 7) is -0.569. The summed E-state index contributed by atoms with van der Waals surface area (Å²) in [5.41, 5.74) is 0. The van der Waals surface area contributed by atoms with Crippen LogP contribution in [0.2, 0.25) is 0 Å². The molecule has 0 rings (SSSR count). The van der Waals surface area contributed by atoms with E-state index in [9.17, 15) is 5.11 Å². The first-order valence-corrected chi connectivity index (χ1v) is 6.37.